The smallest absolute Gasteiger partial charge is 0.0828 e. The van der Waals surface area contributed by atoms with Crippen molar-refractivity contribution in [3.05, 3.63) is 12.2 Å². The van der Waals surface area contributed by atoms with Crippen molar-refractivity contribution in [2.24, 2.45) is 0 Å². The molecule has 66 valence electrons. The van der Waals surface area contributed by atoms with Crippen LogP contribution in [0.1, 0.15) is 38.5 Å². The highest BCUT2D eigenvalue weighted by atomic mass is 16.3. The largest absolute Gasteiger partial charge is 0.386 e. The number of aliphatic hydroxyl groups is 1. The number of allylic oxidation sites excluding steroid dienone is 1. The minimum atomic E-state index is -0.547. The second-order valence-corrected chi connectivity index (χ2v) is 3.46. The predicted octanol–water partition coefficient (Wildman–Crippen LogP) is 2.26. The van der Waals surface area contributed by atoms with E-state index in [2.05, 4.69) is 12.0 Å². The number of unbranched alkanes of at least 4 members (excludes halogenated alkanes) is 1. The van der Waals surface area contributed by atoms with Crippen LogP contribution in [0.4, 0.5) is 0 Å². The summed E-state index contributed by atoms with van der Waals surface area (Å²) in [6.07, 6.45) is 14.8. The third-order valence-corrected chi connectivity index (χ3v) is 2.34. The Kier molecular flexibility index (Phi) is 3.37. The van der Waals surface area contributed by atoms with E-state index in [-0.39, 0.29) is 0 Å². The van der Waals surface area contributed by atoms with Gasteiger partial charge in [0.25, 0.3) is 0 Å². The second kappa shape index (κ2) is 4.33. The molecule has 0 radical (unpaired) electrons. The number of hydrogen-bond acceptors (Lipinski definition) is 1. The summed E-state index contributed by atoms with van der Waals surface area (Å²) in [4.78, 5) is 0. The molecule has 0 saturated heterocycles. The van der Waals surface area contributed by atoms with Crippen LogP contribution in [0.5, 0.6) is 0 Å². The van der Waals surface area contributed by atoms with Gasteiger partial charge < -0.3 is 5.11 Å². The molecule has 1 N–H and O–H groups in total. The first-order valence-corrected chi connectivity index (χ1v) is 4.60. The topological polar surface area (TPSA) is 20.2 Å². The molecule has 1 heteroatoms. The van der Waals surface area contributed by atoms with Crippen molar-refractivity contribution in [1.29, 1.82) is 0 Å². The van der Waals surface area contributed by atoms with Crippen LogP contribution in [-0.4, -0.2) is 10.7 Å². The van der Waals surface area contributed by atoms with Crippen LogP contribution in [0.15, 0.2) is 12.2 Å². The van der Waals surface area contributed by atoms with Crippen molar-refractivity contribution in [1.82, 2.24) is 0 Å². The minimum Gasteiger partial charge on any atom is -0.386 e. The monoisotopic (exact) mass is 164 g/mol. The maximum atomic E-state index is 9.94. The summed E-state index contributed by atoms with van der Waals surface area (Å²) in [6.45, 7) is 0. The van der Waals surface area contributed by atoms with Crippen molar-refractivity contribution in [2.75, 3.05) is 0 Å². The molecule has 1 aliphatic carbocycles. The molecular weight excluding hydrogens is 148 g/mol. The van der Waals surface area contributed by atoms with E-state index in [1.54, 1.807) is 0 Å². The Bertz CT molecular complexity index is 200. The van der Waals surface area contributed by atoms with Gasteiger partial charge in [0.05, 0.1) is 5.60 Å². The van der Waals surface area contributed by atoms with E-state index in [1.807, 2.05) is 6.08 Å². The van der Waals surface area contributed by atoms with Gasteiger partial charge in [-0.1, -0.05) is 12.2 Å². The summed E-state index contributed by atoms with van der Waals surface area (Å²) < 4.78 is 0. The van der Waals surface area contributed by atoms with E-state index < -0.39 is 5.60 Å². The molecule has 0 fully saturated rings. The molecule has 0 aromatic carbocycles. The highest BCUT2D eigenvalue weighted by Gasteiger charge is 2.23. The molecule has 1 unspecified atom stereocenters. The molecule has 0 saturated carbocycles. The SMILES string of the molecule is C#CCCCC1(O)C=CCCC1. The maximum Gasteiger partial charge on any atom is 0.0828 e. The Morgan fingerprint density at radius 3 is 3.00 bits per heavy atom. The molecule has 12 heavy (non-hydrogen) atoms. The molecule has 1 nitrogen and oxygen atoms in total. The Hall–Kier alpha value is -0.740. The van der Waals surface area contributed by atoms with Crippen molar-refractivity contribution in [2.45, 2.75) is 44.1 Å². The van der Waals surface area contributed by atoms with Gasteiger partial charge in [0, 0.05) is 6.42 Å². The lowest BCUT2D eigenvalue weighted by molar-refractivity contribution is 0.0640. The molecule has 0 amide bonds. The lowest BCUT2D eigenvalue weighted by atomic mass is 9.87. The first-order valence-electron chi connectivity index (χ1n) is 4.60. The van der Waals surface area contributed by atoms with Gasteiger partial charge in [0.1, 0.15) is 0 Å². The number of rotatable bonds is 3. The molecular formula is C11H16O. The minimum absolute atomic E-state index is 0.547. The normalized spacial score (nSPS) is 28.3. The summed E-state index contributed by atoms with van der Waals surface area (Å²) in [5.74, 6) is 2.59. The molecule has 0 spiro atoms. The Morgan fingerprint density at radius 1 is 1.58 bits per heavy atom. The molecule has 1 atom stereocenters. The van der Waals surface area contributed by atoms with Gasteiger partial charge in [-0.05, 0) is 32.1 Å². The molecule has 0 bridgehead atoms. The van der Waals surface area contributed by atoms with Crippen LogP contribution in [0.2, 0.25) is 0 Å². The summed E-state index contributed by atoms with van der Waals surface area (Å²) in [6, 6.07) is 0. The predicted molar refractivity (Wildman–Crippen MR) is 50.6 cm³/mol. The maximum absolute atomic E-state index is 9.94. The van der Waals surface area contributed by atoms with Gasteiger partial charge >= 0.3 is 0 Å². The molecule has 0 aromatic rings. The van der Waals surface area contributed by atoms with Crippen LogP contribution < -0.4 is 0 Å². The number of terminal acetylenes is 1. The molecule has 0 aliphatic heterocycles. The molecule has 1 aliphatic rings. The molecule has 0 aromatic heterocycles. The van der Waals surface area contributed by atoms with Gasteiger partial charge in [0.15, 0.2) is 0 Å². The van der Waals surface area contributed by atoms with Crippen LogP contribution in [-0.2, 0) is 0 Å². The molecule has 1 rings (SSSR count). The highest BCUT2D eigenvalue weighted by Crippen LogP contribution is 2.26. The van der Waals surface area contributed by atoms with E-state index in [0.29, 0.717) is 0 Å². The second-order valence-electron chi connectivity index (χ2n) is 3.46. The first kappa shape index (κ1) is 9.35. The summed E-state index contributed by atoms with van der Waals surface area (Å²) in [7, 11) is 0. The lowest BCUT2D eigenvalue weighted by Crippen LogP contribution is -2.27. The quantitative estimate of drug-likeness (QED) is 0.385. The molecule has 0 heterocycles. The average Bonchev–Trinajstić information content (AvgIpc) is 2.06. The standard InChI is InChI=1S/C11H16O/c1-2-3-5-8-11(12)9-6-4-7-10-11/h1,6,9,12H,3-5,7-8,10H2. The average molecular weight is 164 g/mol. The van der Waals surface area contributed by atoms with Crippen molar-refractivity contribution in [3.63, 3.8) is 0 Å². The van der Waals surface area contributed by atoms with Gasteiger partial charge in [-0.2, -0.15) is 0 Å². The van der Waals surface area contributed by atoms with E-state index >= 15 is 0 Å². The number of hydrogen-bond donors (Lipinski definition) is 1. The van der Waals surface area contributed by atoms with Crippen molar-refractivity contribution in [3.8, 4) is 12.3 Å². The first-order chi connectivity index (χ1) is 5.77. The zero-order valence-corrected chi connectivity index (χ0v) is 7.42. The third-order valence-electron chi connectivity index (χ3n) is 2.34. The van der Waals surface area contributed by atoms with E-state index in [0.717, 1.165) is 38.5 Å². The van der Waals surface area contributed by atoms with Gasteiger partial charge in [0.2, 0.25) is 0 Å². The van der Waals surface area contributed by atoms with Crippen molar-refractivity contribution < 1.29 is 5.11 Å². The summed E-state index contributed by atoms with van der Waals surface area (Å²) in [5, 5.41) is 9.94. The van der Waals surface area contributed by atoms with Crippen molar-refractivity contribution >= 4 is 0 Å². The highest BCUT2D eigenvalue weighted by molar-refractivity contribution is 5.04. The lowest BCUT2D eigenvalue weighted by Gasteiger charge is -2.27. The summed E-state index contributed by atoms with van der Waals surface area (Å²) >= 11 is 0. The van der Waals surface area contributed by atoms with Crippen LogP contribution in [0.3, 0.4) is 0 Å². The zero-order chi connectivity index (χ0) is 8.86. The van der Waals surface area contributed by atoms with E-state index in [9.17, 15) is 5.11 Å². The van der Waals surface area contributed by atoms with Crippen LogP contribution >= 0.6 is 0 Å². The third kappa shape index (κ3) is 2.71. The summed E-state index contributed by atoms with van der Waals surface area (Å²) in [5.41, 5.74) is -0.547. The van der Waals surface area contributed by atoms with Crippen LogP contribution in [0, 0.1) is 12.3 Å². The fraction of sp³-hybridized carbons (Fsp3) is 0.636. The Morgan fingerprint density at radius 2 is 2.42 bits per heavy atom. The van der Waals surface area contributed by atoms with Crippen LogP contribution in [0.25, 0.3) is 0 Å². The Balaban J connectivity index is 2.33. The van der Waals surface area contributed by atoms with Gasteiger partial charge in [-0.3, -0.25) is 0 Å². The fourth-order valence-electron chi connectivity index (χ4n) is 1.62. The zero-order valence-electron chi connectivity index (χ0n) is 7.42. The van der Waals surface area contributed by atoms with Gasteiger partial charge in [-0.15, -0.1) is 12.3 Å². The fourth-order valence-corrected chi connectivity index (χ4v) is 1.62. The van der Waals surface area contributed by atoms with E-state index in [1.165, 1.54) is 0 Å². The van der Waals surface area contributed by atoms with Gasteiger partial charge in [-0.25, -0.2) is 0 Å². The van der Waals surface area contributed by atoms with E-state index in [4.69, 9.17) is 6.42 Å². The Labute approximate surface area is 74.5 Å².